The van der Waals surface area contributed by atoms with Crippen molar-refractivity contribution in [3.63, 3.8) is 0 Å². The average molecular weight is 216 g/mol. The van der Waals surface area contributed by atoms with Crippen molar-refractivity contribution >= 4 is 11.3 Å². The Morgan fingerprint density at radius 1 is 1.36 bits per heavy atom. The number of ether oxygens (including phenoxy) is 2. The third kappa shape index (κ3) is 3.36. The number of methoxy groups -OCH3 is 1. The molecule has 0 N–H and O–H groups in total. The number of aryl methyl sites for hydroxylation is 1. The minimum absolute atomic E-state index is 0.678. The maximum Gasteiger partial charge on any atom is 0.224 e. The summed E-state index contributed by atoms with van der Waals surface area (Å²) in [6.07, 6.45) is 1.00. The van der Waals surface area contributed by atoms with Gasteiger partial charge in [-0.2, -0.15) is 4.57 Å². The number of rotatable bonds is 6. The highest BCUT2D eigenvalue weighted by molar-refractivity contribution is 7.09. The molecule has 1 heterocycles. The normalized spacial score (nSPS) is 10.8. The van der Waals surface area contributed by atoms with Crippen LogP contribution in [0, 0.1) is 6.92 Å². The molecule has 1 aromatic heterocycles. The lowest BCUT2D eigenvalue weighted by atomic mass is 10.3. The molecule has 0 radical (unpaired) electrons. The second kappa shape index (κ2) is 6.11. The Morgan fingerprint density at radius 3 is 2.71 bits per heavy atom. The van der Waals surface area contributed by atoms with Crippen LogP contribution in [-0.2, 0) is 22.9 Å². The van der Waals surface area contributed by atoms with Gasteiger partial charge in [0, 0.05) is 20.5 Å². The molecule has 0 amide bonds. The van der Waals surface area contributed by atoms with Gasteiger partial charge in [-0.3, -0.25) is 0 Å². The van der Waals surface area contributed by atoms with Gasteiger partial charge in [-0.05, 0) is 0 Å². The van der Waals surface area contributed by atoms with Gasteiger partial charge in [0.2, 0.25) is 5.51 Å². The summed E-state index contributed by atoms with van der Waals surface area (Å²) in [6.45, 7) is 4.29. The third-order valence-electron chi connectivity index (χ3n) is 2.19. The summed E-state index contributed by atoms with van der Waals surface area (Å²) in [7, 11) is 3.76. The van der Waals surface area contributed by atoms with Crippen molar-refractivity contribution in [2.75, 3.05) is 26.9 Å². The first kappa shape index (κ1) is 11.6. The summed E-state index contributed by atoms with van der Waals surface area (Å²) >= 11 is 1.79. The molecule has 14 heavy (non-hydrogen) atoms. The van der Waals surface area contributed by atoms with Gasteiger partial charge in [0.1, 0.15) is 7.05 Å². The van der Waals surface area contributed by atoms with E-state index in [1.165, 1.54) is 10.6 Å². The van der Waals surface area contributed by atoms with Crippen molar-refractivity contribution in [1.29, 1.82) is 0 Å². The van der Waals surface area contributed by atoms with E-state index in [0.29, 0.717) is 13.2 Å². The first-order valence-corrected chi connectivity index (χ1v) is 5.63. The van der Waals surface area contributed by atoms with E-state index in [-0.39, 0.29) is 0 Å². The summed E-state index contributed by atoms with van der Waals surface area (Å²) in [5.74, 6) is 0. The molecule has 3 nitrogen and oxygen atoms in total. The Morgan fingerprint density at radius 2 is 2.14 bits per heavy atom. The lowest BCUT2D eigenvalue weighted by Gasteiger charge is -2.01. The molecule has 80 valence electrons. The van der Waals surface area contributed by atoms with Gasteiger partial charge in [0.15, 0.2) is 5.69 Å². The molecule has 1 rings (SSSR count). The number of hydrogen-bond acceptors (Lipinski definition) is 3. The van der Waals surface area contributed by atoms with Crippen molar-refractivity contribution in [2.45, 2.75) is 13.3 Å². The Bertz CT molecular complexity index is 273. The highest BCUT2D eigenvalue weighted by Crippen LogP contribution is 2.10. The van der Waals surface area contributed by atoms with Crippen molar-refractivity contribution in [3.8, 4) is 0 Å². The zero-order valence-corrected chi connectivity index (χ0v) is 9.89. The SMILES string of the molecule is COCCOCCc1sc[n+](C)c1C. The molecule has 0 bridgehead atoms. The van der Waals surface area contributed by atoms with Crippen LogP contribution in [-0.4, -0.2) is 26.9 Å². The maximum atomic E-state index is 5.41. The summed E-state index contributed by atoms with van der Waals surface area (Å²) in [5, 5.41) is 0. The molecule has 0 saturated carbocycles. The molecule has 0 unspecified atom stereocenters. The van der Waals surface area contributed by atoms with E-state index in [1.54, 1.807) is 18.4 Å². The maximum absolute atomic E-state index is 5.41. The predicted octanol–water partition coefficient (Wildman–Crippen LogP) is 1.09. The molecule has 0 aliphatic rings. The van der Waals surface area contributed by atoms with E-state index in [0.717, 1.165) is 13.0 Å². The lowest BCUT2D eigenvalue weighted by Crippen LogP contribution is -2.28. The van der Waals surface area contributed by atoms with Crippen LogP contribution in [0.3, 0.4) is 0 Å². The second-order valence-corrected chi connectivity index (χ2v) is 4.14. The predicted molar refractivity (Wildman–Crippen MR) is 56.6 cm³/mol. The highest BCUT2D eigenvalue weighted by Gasteiger charge is 2.10. The standard InChI is InChI=1S/C10H18NO2S/c1-9-10(14-8-11(9)2)4-5-13-7-6-12-3/h8H,4-7H2,1-3H3/q+1. The Labute approximate surface area is 89.3 Å². The van der Waals surface area contributed by atoms with Crippen molar-refractivity contribution in [1.82, 2.24) is 0 Å². The minimum Gasteiger partial charge on any atom is -0.382 e. The molecular weight excluding hydrogens is 198 g/mol. The smallest absolute Gasteiger partial charge is 0.224 e. The van der Waals surface area contributed by atoms with Gasteiger partial charge in [-0.25, -0.2) is 0 Å². The molecule has 0 fully saturated rings. The van der Waals surface area contributed by atoms with E-state index in [1.807, 2.05) is 0 Å². The third-order valence-corrected chi connectivity index (χ3v) is 3.40. The minimum atomic E-state index is 0.678. The zero-order valence-electron chi connectivity index (χ0n) is 9.08. The number of thiazole rings is 1. The van der Waals surface area contributed by atoms with Crippen molar-refractivity contribution < 1.29 is 14.0 Å². The van der Waals surface area contributed by atoms with E-state index in [9.17, 15) is 0 Å². The van der Waals surface area contributed by atoms with Crippen LogP contribution in [0.4, 0.5) is 0 Å². The van der Waals surface area contributed by atoms with Crippen molar-refractivity contribution in [2.24, 2.45) is 7.05 Å². The molecule has 0 aliphatic carbocycles. The summed E-state index contributed by atoms with van der Waals surface area (Å²) < 4.78 is 12.5. The molecule has 0 aliphatic heterocycles. The molecule has 0 saturated heterocycles. The fourth-order valence-corrected chi connectivity index (χ4v) is 2.11. The quantitative estimate of drug-likeness (QED) is 0.524. The van der Waals surface area contributed by atoms with Crippen LogP contribution in [0.5, 0.6) is 0 Å². The number of nitrogens with zero attached hydrogens (tertiary/aromatic N) is 1. The van der Waals surface area contributed by atoms with Gasteiger partial charge in [-0.1, -0.05) is 11.3 Å². The van der Waals surface area contributed by atoms with Gasteiger partial charge >= 0.3 is 0 Å². The molecule has 1 aromatic rings. The monoisotopic (exact) mass is 216 g/mol. The summed E-state index contributed by atoms with van der Waals surface area (Å²) in [4.78, 5) is 1.41. The van der Waals surface area contributed by atoms with Crippen LogP contribution < -0.4 is 4.57 Å². The van der Waals surface area contributed by atoms with Crippen LogP contribution in [0.1, 0.15) is 10.6 Å². The van der Waals surface area contributed by atoms with Crippen LogP contribution in [0.2, 0.25) is 0 Å². The van der Waals surface area contributed by atoms with Gasteiger partial charge < -0.3 is 9.47 Å². The first-order valence-electron chi connectivity index (χ1n) is 4.75. The fraction of sp³-hybridized carbons (Fsp3) is 0.700. The average Bonchev–Trinajstić information content (AvgIpc) is 2.49. The summed E-state index contributed by atoms with van der Waals surface area (Å²) in [6, 6.07) is 0. The lowest BCUT2D eigenvalue weighted by molar-refractivity contribution is -0.673. The molecule has 0 aromatic carbocycles. The fourth-order valence-electron chi connectivity index (χ4n) is 1.15. The Kier molecular flexibility index (Phi) is 5.07. The molecular formula is C10H18NO2S+. The van der Waals surface area contributed by atoms with E-state index < -0.39 is 0 Å². The highest BCUT2D eigenvalue weighted by atomic mass is 32.1. The van der Waals surface area contributed by atoms with E-state index >= 15 is 0 Å². The molecule has 0 spiro atoms. The largest absolute Gasteiger partial charge is 0.382 e. The Hall–Kier alpha value is -0.450. The van der Waals surface area contributed by atoms with Gasteiger partial charge in [0.25, 0.3) is 0 Å². The van der Waals surface area contributed by atoms with Gasteiger partial charge in [0.05, 0.1) is 24.7 Å². The van der Waals surface area contributed by atoms with Crippen LogP contribution in [0.15, 0.2) is 5.51 Å². The van der Waals surface area contributed by atoms with Crippen LogP contribution >= 0.6 is 11.3 Å². The van der Waals surface area contributed by atoms with E-state index in [4.69, 9.17) is 9.47 Å². The number of hydrogen-bond donors (Lipinski definition) is 0. The first-order chi connectivity index (χ1) is 6.75. The second-order valence-electron chi connectivity index (χ2n) is 3.20. The number of aromatic nitrogens is 1. The van der Waals surface area contributed by atoms with E-state index in [2.05, 4.69) is 24.0 Å². The summed E-state index contributed by atoms with van der Waals surface area (Å²) in [5.41, 5.74) is 3.46. The molecule has 4 heteroatoms. The zero-order chi connectivity index (χ0) is 10.4. The van der Waals surface area contributed by atoms with Gasteiger partial charge in [-0.15, -0.1) is 0 Å². The topological polar surface area (TPSA) is 22.3 Å². The van der Waals surface area contributed by atoms with Crippen molar-refractivity contribution in [3.05, 3.63) is 16.1 Å². The Balaban J connectivity index is 2.21. The molecule has 0 atom stereocenters. The van der Waals surface area contributed by atoms with Crippen LogP contribution in [0.25, 0.3) is 0 Å².